The Morgan fingerprint density at radius 1 is 0.739 bits per heavy atom. The highest BCUT2D eigenvalue weighted by molar-refractivity contribution is 6.00. The predicted octanol–water partition coefficient (Wildman–Crippen LogP) is 5.58. The first-order valence-electron chi connectivity index (χ1n) is 8.50. The smallest absolute Gasteiger partial charge is 0.127 e. The second kappa shape index (κ2) is 7.98. The lowest BCUT2D eigenvalue weighted by molar-refractivity contribution is 0.117. The van der Waals surface area contributed by atoms with Crippen LogP contribution in [0, 0.1) is 0 Å². The summed E-state index contributed by atoms with van der Waals surface area (Å²) in [5, 5.41) is 4.92. The van der Waals surface area contributed by atoms with Gasteiger partial charge in [0.1, 0.15) is 5.75 Å². The van der Waals surface area contributed by atoms with Crippen molar-refractivity contribution >= 4 is 21.5 Å². The Balaban J connectivity index is 1.67. The standard InChI is InChI=1S/C21H24O2/c1-2-3-12-22-13-7-14-23-21-11-6-10-19-15-17-8-4-5-9-18(17)16-20(19)21/h4-6,8-11,15-16H,2-3,7,12-14H2,1H3. The topological polar surface area (TPSA) is 18.5 Å². The molecule has 2 heteroatoms. The summed E-state index contributed by atoms with van der Waals surface area (Å²) in [7, 11) is 0. The molecule has 2 nitrogen and oxygen atoms in total. The van der Waals surface area contributed by atoms with Gasteiger partial charge in [-0.25, -0.2) is 0 Å². The van der Waals surface area contributed by atoms with Crippen molar-refractivity contribution in [2.24, 2.45) is 0 Å². The highest BCUT2D eigenvalue weighted by atomic mass is 16.5. The molecule has 0 atom stereocenters. The van der Waals surface area contributed by atoms with Crippen molar-refractivity contribution < 1.29 is 9.47 Å². The Labute approximate surface area is 138 Å². The minimum Gasteiger partial charge on any atom is -0.493 e. The van der Waals surface area contributed by atoms with E-state index in [0.717, 1.165) is 31.8 Å². The maximum Gasteiger partial charge on any atom is 0.127 e. The van der Waals surface area contributed by atoms with Gasteiger partial charge in [0.2, 0.25) is 0 Å². The predicted molar refractivity (Wildman–Crippen MR) is 97.3 cm³/mol. The summed E-state index contributed by atoms with van der Waals surface area (Å²) < 4.78 is 11.6. The Morgan fingerprint density at radius 3 is 2.30 bits per heavy atom. The van der Waals surface area contributed by atoms with Crippen LogP contribution in [0.4, 0.5) is 0 Å². The molecule has 0 fully saturated rings. The first kappa shape index (κ1) is 15.8. The number of fused-ring (bicyclic) bond motifs is 2. The molecule has 0 amide bonds. The lowest BCUT2D eigenvalue weighted by Gasteiger charge is -2.11. The molecule has 0 aliphatic heterocycles. The minimum absolute atomic E-state index is 0.693. The summed E-state index contributed by atoms with van der Waals surface area (Å²) in [4.78, 5) is 0. The van der Waals surface area contributed by atoms with Crippen LogP contribution in [-0.4, -0.2) is 19.8 Å². The third kappa shape index (κ3) is 4.02. The van der Waals surface area contributed by atoms with E-state index in [0.29, 0.717) is 6.61 Å². The quantitative estimate of drug-likeness (QED) is 0.399. The first-order chi connectivity index (χ1) is 11.4. The van der Waals surface area contributed by atoms with Gasteiger partial charge in [-0.05, 0) is 40.8 Å². The van der Waals surface area contributed by atoms with E-state index in [-0.39, 0.29) is 0 Å². The zero-order valence-electron chi connectivity index (χ0n) is 13.8. The van der Waals surface area contributed by atoms with Gasteiger partial charge in [-0.3, -0.25) is 0 Å². The van der Waals surface area contributed by atoms with Gasteiger partial charge in [0.15, 0.2) is 0 Å². The molecule has 0 heterocycles. The highest BCUT2D eigenvalue weighted by Crippen LogP contribution is 2.29. The molecule has 0 unspecified atom stereocenters. The molecule has 3 aromatic carbocycles. The van der Waals surface area contributed by atoms with E-state index < -0.39 is 0 Å². The van der Waals surface area contributed by atoms with Crippen LogP contribution in [0.2, 0.25) is 0 Å². The molecule has 0 aliphatic carbocycles. The van der Waals surface area contributed by atoms with Crippen molar-refractivity contribution in [3.63, 3.8) is 0 Å². The van der Waals surface area contributed by atoms with Gasteiger partial charge in [-0.15, -0.1) is 0 Å². The zero-order valence-corrected chi connectivity index (χ0v) is 13.8. The molecule has 0 bridgehead atoms. The van der Waals surface area contributed by atoms with Gasteiger partial charge >= 0.3 is 0 Å². The largest absolute Gasteiger partial charge is 0.493 e. The normalized spacial score (nSPS) is 11.2. The number of benzene rings is 3. The number of hydrogen-bond donors (Lipinski definition) is 0. The van der Waals surface area contributed by atoms with Gasteiger partial charge in [0.05, 0.1) is 6.61 Å². The Kier molecular flexibility index (Phi) is 5.49. The van der Waals surface area contributed by atoms with Crippen molar-refractivity contribution in [3.8, 4) is 5.75 Å². The van der Waals surface area contributed by atoms with Crippen LogP contribution in [0.15, 0.2) is 54.6 Å². The fourth-order valence-electron chi connectivity index (χ4n) is 2.76. The summed E-state index contributed by atoms with van der Waals surface area (Å²) >= 11 is 0. The molecule has 0 aromatic heterocycles. The number of hydrogen-bond acceptors (Lipinski definition) is 2. The van der Waals surface area contributed by atoms with Crippen molar-refractivity contribution in [3.05, 3.63) is 54.6 Å². The first-order valence-corrected chi connectivity index (χ1v) is 8.50. The zero-order chi connectivity index (χ0) is 15.9. The van der Waals surface area contributed by atoms with E-state index in [1.54, 1.807) is 0 Å². The summed E-state index contributed by atoms with van der Waals surface area (Å²) in [6, 6.07) is 19.1. The van der Waals surface area contributed by atoms with Crippen LogP contribution < -0.4 is 4.74 Å². The molecule has 0 saturated heterocycles. The second-order valence-electron chi connectivity index (χ2n) is 5.84. The average molecular weight is 308 g/mol. The van der Waals surface area contributed by atoms with Crippen LogP contribution in [-0.2, 0) is 4.74 Å². The van der Waals surface area contributed by atoms with Gasteiger partial charge in [-0.1, -0.05) is 49.7 Å². The average Bonchev–Trinajstić information content (AvgIpc) is 2.59. The molecule has 23 heavy (non-hydrogen) atoms. The third-order valence-electron chi connectivity index (χ3n) is 4.04. The minimum atomic E-state index is 0.693. The van der Waals surface area contributed by atoms with Gasteiger partial charge in [-0.2, -0.15) is 0 Å². The van der Waals surface area contributed by atoms with E-state index in [1.165, 1.54) is 28.0 Å². The lowest BCUT2D eigenvalue weighted by Crippen LogP contribution is -2.04. The maximum atomic E-state index is 5.99. The molecular formula is C21H24O2. The Bertz CT molecular complexity index is 764. The molecule has 0 saturated carbocycles. The fraction of sp³-hybridized carbons (Fsp3) is 0.333. The van der Waals surface area contributed by atoms with Gasteiger partial charge in [0.25, 0.3) is 0 Å². The Hall–Kier alpha value is -2.06. The van der Waals surface area contributed by atoms with E-state index >= 15 is 0 Å². The molecular weight excluding hydrogens is 284 g/mol. The third-order valence-corrected chi connectivity index (χ3v) is 4.04. The molecule has 0 aliphatic rings. The van der Waals surface area contributed by atoms with Crippen LogP contribution in [0.1, 0.15) is 26.2 Å². The number of unbranched alkanes of at least 4 members (excludes halogenated alkanes) is 1. The number of ether oxygens (including phenoxy) is 2. The summed E-state index contributed by atoms with van der Waals surface area (Å²) in [6.07, 6.45) is 3.24. The second-order valence-corrected chi connectivity index (χ2v) is 5.84. The van der Waals surface area contributed by atoms with Crippen molar-refractivity contribution in [1.82, 2.24) is 0 Å². The summed E-state index contributed by atoms with van der Waals surface area (Å²) in [5.41, 5.74) is 0. The number of rotatable bonds is 8. The highest BCUT2D eigenvalue weighted by Gasteiger charge is 2.04. The lowest BCUT2D eigenvalue weighted by atomic mass is 10.0. The van der Waals surface area contributed by atoms with Crippen LogP contribution in [0.3, 0.4) is 0 Å². The molecule has 0 radical (unpaired) electrons. The van der Waals surface area contributed by atoms with Gasteiger partial charge in [0, 0.05) is 25.0 Å². The van der Waals surface area contributed by atoms with E-state index in [1.807, 2.05) is 0 Å². The summed E-state index contributed by atoms with van der Waals surface area (Å²) in [6.45, 7) is 4.50. The molecule has 3 rings (SSSR count). The fourth-order valence-corrected chi connectivity index (χ4v) is 2.76. The van der Waals surface area contributed by atoms with E-state index in [9.17, 15) is 0 Å². The van der Waals surface area contributed by atoms with Crippen LogP contribution >= 0.6 is 0 Å². The maximum absolute atomic E-state index is 5.99. The molecule has 0 spiro atoms. The van der Waals surface area contributed by atoms with E-state index in [4.69, 9.17) is 9.47 Å². The molecule has 3 aromatic rings. The monoisotopic (exact) mass is 308 g/mol. The van der Waals surface area contributed by atoms with Crippen molar-refractivity contribution in [2.75, 3.05) is 19.8 Å². The SMILES string of the molecule is CCCCOCCCOc1cccc2cc3ccccc3cc12. The Morgan fingerprint density at radius 2 is 1.48 bits per heavy atom. The molecule has 0 N–H and O–H groups in total. The van der Waals surface area contributed by atoms with Crippen molar-refractivity contribution in [1.29, 1.82) is 0 Å². The van der Waals surface area contributed by atoms with Crippen LogP contribution in [0.5, 0.6) is 5.75 Å². The summed E-state index contributed by atoms with van der Waals surface area (Å²) in [5.74, 6) is 0.960. The molecule has 120 valence electrons. The van der Waals surface area contributed by atoms with Gasteiger partial charge < -0.3 is 9.47 Å². The van der Waals surface area contributed by atoms with E-state index in [2.05, 4.69) is 61.5 Å². The van der Waals surface area contributed by atoms with Crippen LogP contribution in [0.25, 0.3) is 21.5 Å². The van der Waals surface area contributed by atoms with Crippen molar-refractivity contribution in [2.45, 2.75) is 26.2 Å².